The van der Waals surface area contributed by atoms with E-state index in [1.807, 2.05) is 12.3 Å². The summed E-state index contributed by atoms with van der Waals surface area (Å²) in [6.45, 7) is 7.35. The molecule has 4 aliphatic carbocycles. The maximum Gasteiger partial charge on any atom is 0.219 e. The van der Waals surface area contributed by atoms with Gasteiger partial charge in [0.05, 0.1) is 52.9 Å². The number of carbonyl (C=O) groups excluding carboxylic acids is 1. The average Bonchev–Trinajstić information content (AvgIpc) is 3.11. The van der Waals surface area contributed by atoms with Crippen molar-refractivity contribution in [2.75, 3.05) is 59.4 Å². The molecule has 1 unspecified atom stereocenters. The van der Waals surface area contributed by atoms with Crippen molar-refractivity contribution in [3.63, 3.8) is 0 Å². The molecule has 0 radical (unpaired) electrons. The summed E-state index contributed by atoms with van der Waals surface area (Å²) in [7, 11) is 0. The van der Waals surface area contributed by atoms with Crippen molar-refractivity contribution >= 4 is 5.91 Å². The fraction of sp³-hybridized carbons (Fsp3) is 0.561. The van der Waals surface area contributed by atoms with Gasteiger partial charge in [-0.3, -0.25) is 4.79 Å². The van der Waals surface area contributed by atoms with E-state index in [2.05, 4.69) is 66.8 Å². The summed E-state index contributed by atoms with van der Waals surface area (Å²) in [5, 5.41) is 3.94. The van der Waals surface area contributed by atoms with Gasteiger partial charge >= 0.3 is 0 Å². The summed E-state index contributed by atoms with van der Waals surface area (Å²) in [6, 6.07) is 21.5. The number of primary amides is 1. The number of nitrogens with one attached hydrogen (secondary N) is 1. The SMILES string of the molecule is Cc1c(COc2ccc(C(NCCOCCOCCOCCOCCC(N)=O)C34CC5CC(CC(C5)C3)C4)cn2)cccc1-c1ccccc1. The molecule has 2 aromatic carbocycles. The maximum atomic E-state index is 10.7. The quantitative estimate of drug-likeness (QED) is 0.117. The molecule has 4 aliphatic rings. The summed E-state index contributed by atoms with van der Waals surface area (Å²) in [5.74, 6) is 2.89. The molecule has 9 nitrogen and oxygen atoms in total. The van der Waals surface area contributed by atoms with Crippen LogP contribution < -0.4 is 15.8 Å². The second kappa shape index (κ2) is 18.2. The van der Waals surface area contributed by atoms with E-state index in [1.165, 1.54) is 66.3 Å². The molecule has 1 aromatic heterocycles. The zero-order chi connectivity index (χ0) is 34.6. The van der Waals surface area contributed by atoms with E-state index in [0.717, 1.165) is 24.3 Å². The van der Waals surface area contributed by atoms with Gasteiger partial charge in [0, 0.05) is 31.3 Å². The lowest BCUT2D eigenvalue weighted by Crippen LogP contribution is -2.52. The van der Waals surface area contributed by atoms with Crippen molar-refractivity contribution in [3.05, 3.63) is 83.6 Å². The zero-order valence-electron chi connectivity index (χ0n) is 29.7. The highest BCUT2D eigenvalue weighted by atomic mass is 16.6. The summed E-state index contributed by atoms with van der Waals surface area (Å²) >= 11 is 0. The van der Waals surface area contributed by atoms with Crippen molar-refractivity contribution in [2.45, 2.75) is 64.5 Å². The van der Waals surface area contributed by atoms with Crippen molar-refractivity contribution < 1.29 is 28.5 Å². The molecule has 4 bridgehead atoms. The molecule has 1 heterocycles. The Morgan fingerprint density at radius 2 is 1.42 bits per heavy atom. The molecule has 7 rings (SSSR count). The number of aromatic nitrogens is 1. The average molecular weight is 686 g/mol. The van der Waals surface area contributed by atoms with E-state index in [-0.39, 0.29) is 23.8 Å². The molecule has 3 aromatic rings. The van der Waals surface area contributed by atoms with Gasteiger partial charge in [-0.2, -0.15) is 0 Å². The largest absolute Gasteiger partial charge is 0.473 e. The minimum atomic E-state index is -0.360. The Labute approximate surface area is 297 Å². The first-order valence-corrected chi connectivity index (χ1v) is 18.5. The highest BCUT2D eigenvalue weighted by Gasteiger charge is 2.54. The van der Waals surface area contributed by atoms with Crippen molar-refractivity contribution in [1.29, 1.82) is 0 Å². The Morgan fingerprint density at radius 1 is 0.800 bits per heavy atom. The molecule has 0 saturated heterocycles. The minimum Gasteiger partial charge on any atom is -0.473 e. The molecule has 4 fully saturated rings. The number of hydrogen-bond donors (Lipinski definition) is 2. The number of pyridine rings is 1. The standard InChI is InChI=1S/C41H55N3O6/c1-30-36(8-5-9-37(30)34-6-3-2-4-7-34)29-50-39-11-10-35(28-44-39)40(41-25-31-22-32(26-41)24-33(23-31)27-41)43-13-15-47-17-19-49-21-20-48-18-16-46-14-12-38(42)45/h2-11,28,31-33,40,43H,12-27,29H2,1H3,(H2,42,45). The van der Waals surface area contributed by atoms with E-state index < -0.39 is 0 Å². The Morgan fingerprint density at radius 3 is 2.02 bits per heavy atom. The second-order valence-corrected chi connectivity index (χ2v) is 14.5. The number of nitrogens with two attached hydrogens (primary N) is 1. The van der Waals surface area contributed by atoms with Gasteiger partial charge in [-0.15, -0.1) is 0 Å². The van der Waals surface area contributed by atoms with Gasteiger partial charge in [0.15, 0.2) is 0 Å². The fourth-order valence-electron chi connectivity index (χ4n) is 9.00. The van der Waals surface area contributed by atoms with Crippen LogP contribution in [-0.2, 0) is 30.3 Å². The van der Waals surface area contributed by atoms with Gasteiger partial charge in [0.1, 0.15) is 6.61 Å². The van der Waals surface area contributed by atoms with Crippen LogP contribution in [0.15, 0.2) is 66.9 Å². The monoisotopic (exact) mass is 685 g/mol. The summed E-state index contributed by atoms with van der Waals surface area (Å²) < 4.78 is 28.6. The van der Waals surface area contributed by atoms with E-state index >= 15 is 0 Å². The molecule has 9 heteroatoms. The third-order valence-corrected chi connectivity index (χ3v) is 10.9. The van der Waals surface area contributed by atoms with Gasteiger partial charge in [-0.25, -0.2) is 4.98 Å². The smallest absolute Gasteiger partial charge is 0.219 e. The number of carbonyl (C=O) groups is 1. The molecular formula is C41H55N3O6. The first-order valence-electron chi connectivity index (χ1n) is 18.5. The molecule has 1 atom stereocenters. The summed E-state index contributed by atoms with van der Waals surface area (Å²) in [6.07, 6.45) is 10.4. The van der Waals surface area contributed by atoms with Crippen molar-refractivity contribution in [3.8, 4) is 17.0 Å². The fourth-order valence-corrected chi connectivity index (χ4v) is 9.00. The number of benzene rings is 2. The number of amides is 1. The molecule has 50 heavy (non-hydrogen) atoms. The third-order valence-electron chi connectivity index (χ3n) is 10.9. The zero-order valence-corrected chi connectivity index (χ0v) is 29.7. The van der Waals surface area contributed by atoms with Crippen LogP contribution in [-0.4, -0.2) is 70.3 Å². The van der Waals surface area contributed by atoms with Gasteiger partial charge < -0.3 is 34.7 Å². The first kappa shape index (κ1) is 36.5. The Bertz CT molecular complexity index is 1450. The number of nitrogens with zero attached hydrogens (tertiary/aromatic N) is 1. The number of ether oxygens (including phenoxy) is 5. The van der Waals surface area contributed by atoms with Crippen LogP contribution >= 0.6 is 0 Å². The molecule has 3 N–H and O–H groups in total. The first-order chi connectivity index (χ1) is 24.5. The molecular weight excluding hydrogens is 630 g/mol. The van der Waals surface area contributed by atoms with Crippen LogP contribution in [0.3, 0.4) is 0 Å². The maximum absolute atomic E-state index is 10.7. The molecule has 0 aliphatic heterocycles. The minimum absolute atomic E-state index is 0.230. The van der Waals surface area contributed by atoms with E-state index in [9.17, 15) is 4.79 Å². The predicted octanol–water partition coefficient (Wildman–Crippen LogP) is 6.42. The van der Waals surface area contributed by atoms with Gasteiger partial charge in [-0.1, -0.05) is 54.6 Å². The molecule has 4 saturated carbocycles. The van der Waals surface area contributed by atoms with Gasteiger partial charge in [-0.05, 0) is 96.4 Å². The van der Waals surface area contributed by atoms with E-state index in [1.54, 1.807) is 0 Å². The lowest BCUT2D eigenvalue weighted by Gasteiger charge is -2.59. The highest BCUT2D eigenvalue weighted by molar-refractivity contribution is 5.73. The summed E-state index contributed by atoms with van der Waals surface area (Å²) in [4.78, 5) is 15.5. The molecule has 270 valence electrons. The van der Waals surface area contributed by atoms with Gasteiger partial charge in [0.2, 0.25) is 11.8 Å². The van der Waals surface area contributed by atoms with Gasteiger partial charge in [0.25, 0.3) is 0 Å². The third kappa shape index (κ3) is 9.92. The highest BCUT2D eigenvalue weighted by Crippen LogP contribution is 2.64. The predicted molar refractivity (Wildman–Crippen MR) is 194 cm³/mol. The number of hydrogen-bond acceptors (Lipinski definition) is 8. The topological polar surface area (TPSA) is 114 Å². The Kier molecular flexibility index (Phi) is 13.3. The summed E-state index contributed by atoms with van der Waals surface area (Å²) in [5.41, 5.74) is 11.5. The van der Waals surface area contributed by atoms with Crippen LogP contribution in [0, 0.1) is 30.1 Å². The Balaban J connectivity index is 0.970. The van der Waals surface area contributed by atoms with Crippen LogP contribution in [0.4, 0.5) is 0 Å². The van der Waals surface area contributed by atoms with E-state index in [0.29, 0.717) is 65.3 Å². The van der Waals surface area contributed by atoms with Crippen LogP contribution in [0.25, 0.3) is 11.1 Å². The van der Waals surface area contributed by atoms with Crippen LogP contribution in [0.1, 0.15) is 67.7 Å². The normalized spacial score (nSPS) is 22.9. The second-order valence-electron chi connectivity index (χ2n) is 14.5. The van der Waals surface area contributed by atoms with E-state index in [4.69, 9.17) is 34.4 Å². The lowest BCUT2D eigenvalue weighted by atomic mass is 9.47. The number of rotatable bonds is 22. The lowest BCUT2D eigenvalue weighted by molar-refractivity contribution is -0.119. The van der Waals surface area contributed by atoms with Crippen molar-refractivity contribution in [1.82, 2.24) is 10.3 Å². The van der Waals surface area contributed by atoms with Crippen LogP contribution in [0.2, 0.25) is 0 Å². The Hall–Kier alpha value is -3.34. The molecule has 1 amide bonds. The molecule has 0 spiro atoms. The van der Waals surface area contributed by atoms with Crippen LogP contribution in [0.5, 0.6) is 5.88 Å². The van der Waals surface area contributed by atoms with Crippen molar-refractivity contribution in [2.24, 2.45) is 28.9 Å².